The van der Waals surface area contributed by atoms with Gasteiger partial charge in [0.25, 0.3) is 0 Å². The van der Waals surface area contributed by atoms with Gasteiger partial charge >= 0.3 is 0 Å². The monoisotopic (exact) mass is 252 g/mol. The first-order chi connectivity index (χ1) is 8.65. The maximum atomic E-state index is 9.72. The van der Waals surface area contributed by atoms with Gasteiger partial charge < -0.3 is 10.4 Å². The summed E-state index contributed by atoms with van der Waals surface area (Å²) in [5, 5.41) is 17.4. The van der Waals surface area contributed by atoms with Crippen molar-refractivity contribution in [3.8, 4) is 0 Å². The zero-order valence-electron chi connectivity index (χ0n) is 11.4. The van der Waals surface area contributed by atoms with Crippen LogP contribution in [0.1, 0.15) is 32.5 Å². The third kappa shape index (κ3) is 3.09. The molecule has 1 fully saturated rings. The lowest BCUT2D eigenvalue weighted by Crippen LogP contribution is -2.44. The second-order valence-electron chi connectivity index (χ2n) is 5.87. The standard InChI is InChI=1S/C13H24N4O/c1-11(2)7-17-12(15-10-16-17)6-13(9-18)4-3-5-14-8-13/h10-11,14,18H,3-9H2,1-2H3. The molecule has 1 unspecified atom stereocenters. The lowest BCUT2D eigenvalue weighted by Gasteiger charge is -2.35. The zero-order valence-corrected chi connectivity index (χ0v) is 11.4. The molecule has 0 aromatic carbocycles. The number of aliphatic hydroxyl groups is 1. The third-order valence-corrected chi connectivity index (χ3v) is 3.66. The first-order valence-electron chi connectivity index (χ1n) is 6.83. The Morgan fingerprint density at radius 3 is 3.00 bits per heavy atom. The van der Waals surface area contributed by atoms with E-state index in [0.717, 1.165) is 44.7 Å². The minimum absolute atomic E-state index is 0.0555. The molecule has 1 aromatic rings. The Morgan fingerprint density at radius 2 is 2.39 bits per heavy atom. The molecule has 0 amide bonds. The summed E-state index contributed by atoms with van der Waals surface area (Å²) >= 11 is 0. The van der Waals surface area contributed by atoms with Crippen molar-refractivity contribution < 1.29 is 5.11 Å². The van der Waals surface area contributed by atoms with Gasteiger partial charge in [-0.1, -0.05) is 13.8 Å². The van der Waals surface area contributed by atoms with Crippen molar-refractivity contribution >= 4 is 0 Å². The molecule has 1 aromatic heterocycles. The minimum Gasteiger partial charge on any atom is -0.396 e. The molecule has 2 rings (SSSR count). The normalized spacial score (nSPS) is 24.7. The molecule has 102 valence electrons. The number of hydrogen-bond acceptors (Lipinski definition) is 4. The van der Waals surface area contributed by atoms with E-state index in [4.69, 9.17) is 0 Å². The Labute approximate surface area is 109 Å². The minimum atomic E-state index is -0.0555. The SMILES string of the molecule is CC(C)Cn1ncnc1CC1(CO)CCCNC1. The maximum absolute atomic E-state index is 9.72. The van der Waals surface area contributed by atoms with Gasteiger partial charge in [-0.15, -0.1) is 0 Å². The van der Waals surface area contributed by atoms with Gasteiger partial charge in [-0.2, -0.15) is 5.10 Å². The molecule has 1 aliphatic rings. The molecule has 0 saturated carbocycles. The van der Waals surface area contributed by atoms with Gasteiger partial charge in [-0.3, -0.25) is 0 Å². The molecule has 2 N–H and O–H groups in total. The highest BCUT2D eigenvalue weighted by atomic mass is 16.3. The lowest BCUT2D eigenvalue weighted by atomic mass is 9.78. The van der Waals surface area contributed by atoms with Crippen molar-refractivity contribution in [2.75, 3.05) is 19.7 Å². The van der Waals surface area contributed by atoms with Crippen molar-refractivity contribution in [2.24, 2.45) is 11.3 Å². The summed E-state index contributed by atoms with van der Waals surface area (Å²) in [6.07, 6.45) is 4.62. The molecule has 0 aliphatic carbocycles. The highest BCUT2D eigenvalue weighted by Crippen LogP contribution is 2.29. The number of nitrogens with one attached hydrogen (secondary N) is 1. The largest absolute Gasteiger partial charge is 0.396 e. The summed E-state index contributed by atoms with van der Waals surface area (Å²) < 4.78 is 1.98. The van der Waals surface area contributed by atoms with Crippen molar-refractivity contribution in [1.29, 1.82) is 0 Å². The molecule has 1 aliphatic heterocycles. The van der Waals surface area contributed by atoms with Crippen molar-refractivity contribution in [1.82, 2.24) is 20.1 Å². The van der Waals surface area contributed by atoms with Gasteiger partial charge in [0.1, 0.15) is 12.2 Å². The Hall–Kier alpha value is -0.940. The van der Waals surface area contributed by atoms with Crippen LogP contribution in [0, 0.1) is 11.3 Å². The molecule has 0 radical (unpaired) electrons. The van der Waals surface area contributed by atoms with Crippen LogP contribution in [0.4, 0.5) is 0 Å². The van der Waals surface area contributed by atoms with Crippen LogP contribution in [0.2, 0.25) is 0 Å². The molecule has 5 nitrogen and oxygen atoms in total. The summed E-state index contributed by atoms with van der Waals surface area (Å²) in [5.74, 6) is 1.56. The summed E-state index contributed by atoms with van der Waals surface area (Å²) in [7, 11) is 0. The summed E-state index contributed by atoms with van der Waals surface area (Å²) in [6.45, 7) is 7.39. The van der Waals surface area contributed by atoms with E-state index in [2.05, 4.69) is 29.2 Å². The van der Waals surface area contributed by atoms with Crippen LogP contribution in [0.5, 0.6) is 0 Å². The van der Waals surface area contributed by atoms with Crippen LogP contribution in [-0.4, -0.2) is 39.6 Å². The van der Waals surface area contributed by atoms with Crippen molar-refractivity contribution in [2.45, 2.75) is 39.7 Å². The van der Waals surface area contributed by atoms with Crippen LogP contribution in [0.25, 0.3) is 0 Å². The first-order valence-corrected chi connectivity index (χ1v) is 6.83. The molecule has 18 heavy (non-hydrogen) atoms. The smallest absolute Gasteiger partial charge is 0.138 e. The molecule has 2 heterocycles. The van der Waals surface area contributed by atoms with Gasteiger partial charge in [-0.25, -0.2) is 9.67 Å². The average Bonchev–Trinajstić information content (AvgIpc) is 2.77. The number of nitrogens with zero attached hydrogens (tertiary/aromatic N) is 3. The number of aromatic nitrogens is 3. The topological polar surface area (TPSA) is 63.0 Å². The average molecular weight is 252 g/mol. The Balaban J connectivity index is 2.09. The fourth-order valence-corrected chi connectivity index (χ4v) is 2.63. The summed E-state index contributed by atoms with van der Waals surface area (Å²) in [6, 6.07) is 0. The lowest BCUT2D eigenvalue weighted by molar-refractivity contribution is 0.0913. The molecule has 0 spiro atoms. The highest BCUT2D eigenvalue weighted by Gasteiger charge is 2.33. The third-order valence-electron chi connectivity index (χ3n) is 3.66. The molecular formula is C13H24N4O. The zero-order chi connectivity index (χ0) is 13.0. The summed E-state index contributed by atoms with van der Waals surface area (Å²) in [5.41, 5.74) is -0.0555. The highest BCUT2D eigenvalue weighted by molar-refractivity contribution is 4.97. The van der Waals surface area contributed by atoms with Crippen LogP contribution in [-0.2, 0) is 13.0 Å². The number of hydrogen-bond donors (Lipinski definition) is 2. The first kappa shape index (κ1) is 13.5. The van der Waals surface area contributed by atoms with E-state index in [0.29, 0.717) is 5.92 Å². The predicted octanol–water partition coefficient (Wildman–Crippen LogP) is 0.839. The van der Waals surface area contributed by atoms with E-state index in [1.54, 1.807) is 6.33 Å². The molecule has 1 saturated heterocycles. The van der Waals surface area contributed by atoms with Gasteiger partial charge in [-0.05, 0) is 25.3 Å². The molecular weight excluding hydrogens is 228 g/mol. The second-order valence-corrected chi connectivity index (χ2v) is 5.87. The van der Waals surface area contributed by atoms with E-state index >= 15 is 0 Å². The van der Waals surface area contributed by atoms with E-state index in [-0.39, 0.29) is 12.0 Å². The van der Waals surface area contributed by atoms with E-state index < -0.39 is 0 Å². The van der Waals surface area contributed by atoms with Crippen LogP contribution < -0.4 is 5.32 Å². The van der Waals surface area contributed by atoms with Crippen LogP contribution >= 0.6 is 0 Å². The van der Waals surface area contributed by atoms with E-state index in [9.17, 15) is 5.11 Å². The maximum Gasteiger partial charge on any atom is 0.138 e. The quantitative estimate of drug-likeness (QED) is 0.815. The molecule has 1 atom stereocenters. The summed E-state index contributed by atoms with van der Waals surface area (Å²) in [4.78, 5) is 4.37. The second kappa shape index (κ2) is 5.80. The van der Waals surface area contributed by atoms with E-state index in [1.165, 1.54) is 0 Å². The predicted molar refractivity (Wildman–Crippen MR) is 70.2 cm³/mol. The van der Waals surface area contributed by atoms with Crippen LogP contribution in [0.3, 0.4) is 0 Å². The van der Waals surface area contributed by atoms with Crippen molar-refractivity contribution in [3.63, 3.8) is 0 Å². The number of piperidine rings is 1. The van der Waals surface area contributed by atoms with Crippen LogP contribution in [0.15, 0.2) is 6.33 Å². The molecule has 5 heteroatoms. The van der Waals surface area contributed by atoms with Gasteiger partial charge in [0.2, 0.25) is 0 Å². The van der Waals surface area contributed by atoms with Gasteiger partial charge in [0.15, 0.2) is 0 Å². The van der Waals surface area contributed by atoms with E-state index in [1.807, 2.05) is 4.68 Å². The Kier molecular flexibility index (Phi) is 4.35. The Bertz CT molecular complexity index is 369. The fraction of sp³-hybridized carbons (Fsp3) is 0.846. The van der Waals surface area contributed by atoms with Gasteiger partial charge in [0.05, 0.1) is 6.61 Å². The fourth-order valence-electron chi connectivity index (χ4n) is 2.63. The number of aliphatic hydroxyl groups excluding tert-OH is 1. The Morgan fingerprint density at radius 1 is 1.56 bits per heavy atom. The molecule has 0 bridgehead atoms. The van der Waals surface area contributed by atoms with Crippen molar-refractivity contribution in [3.05, 3.63) is 12.2 Å². The van der Waals surface area contributed by atoms with Gasteiger partial charge in [0, 0.05) is 24.9 Å². The number of rotatable bonds is 5.